The number of ketones is 1. The fraction of sp³-hybridized carbons (Fsp3) is 0.774. The molecular weight excluding hydrogens is 516 g/mol. The molecule has 4 fully saturated rings. The quantitative estimate of drug-likeness (QED) is 0.446. The summed E-state index contributed by atoms with van der Waals surface area (Å²) in [6, 6.07) is 4.47. The molecule has 6 rings (SSSR count). The molecule has 1 N–H and O–H groups in total. The Hall–Kier alpha value is -2.13. The number of fused-ring (bicyclic) bond motifs is 6. The Morgan fingerprint density at radius 1 is 1.07 bits per heavy atom. The molecule has 1 aromatic heterocycles. The minimum Gasteiger partial charge on any atom is -0.433 e. The van der Waals surface area contributed by atoms with Crippen LogP contribution < -0.4 is 4.74 Å². The number of carbonyl (C=O) groups is 1. The fourth-order valence-electron chi connectivity index (χ4n) is 9.84. The molecule has 4 aliphatic rings. The van der Waals surface area contributed by atoms with Gasteiger partial charge in [0.05, 0.1) is 12.2 Å². The van der Waals surface area contributed by atoms with Gasteiger partial charge in [-0.05, 0) is 111 Å². The summed E-state index contributed by atoms with van der Waals surface area (Å²) < 4.78 is 37.1. The minimum absolute atomic E-state index is 0.0174. The van der Waals surface area contributed by atoms with Crippen LogP contribution in [0.5, 0.6) is 5.75 Å². The SMILES string of the molecule is COC[C@]12CC[C@@](C)(O)C[C@H]1CC[C@H]1[C@@H]3CC[C@H](C(=O)Cn4nc5ccc(OC(C)(F)F)cc5n4)[C@@]3(C)CC[C@@H]12. The Balaban J connectivity index is 1.19. The van der Waals surface area contributed by atoms with Crippen LogP contribution >= 0.6 is 0 Å². The van der Waals surface area contributed by atoms with Crippen LogP contribution in [0.15, 0.2) is 18.2 Å². The zero-order valence-corrected chi connectivity index (χ0v) is 24.2. The van der Waals surface area contributed by atoms with Crippen molar-refractivity contribution in [2.24, 2.45) is 40.4 Å². The van der Waals surface area contributed by atoms with Gasteiger partial charge in [0, 0.05) is 26.0 Å². The fourth-order valence-corrected chi connectivity index (χ4v) is 9.84. The Kier molecular flexibility index (Phi) is 6.81. The monoisotopic (exact) mass is 559 g/mol. The van der Waals surface area contributed by atoms with Crippen LogP contribution in [0.4, 0.5) is 8.78 Å². The van der Waals surface area contributed by atoms with Gasteiger partial charge in [0.1, 0.15) is 23.3 Å². The summed E-state index contributed by atoms with van der Waals surface area (Å²) in [7, 11) is 1.82. The van der Waals surface area contributed by atoms with Gasteiger partial charge in [-0.15, -0.1) is 0 Å². The van der Waals surface area contributed by atoms with Crippen molar-refractivity contribution in [3.05, 3.63) is 18.2 Å². The maximum Gasteiger partial charge on any atom is 0.394 e. The van der Waals surface area contributed by atoms with E-state index in [1.165, 1.54) is 23.4 Å². The lowest BCUT2D eigenvalue weighted by atomic mass is 9.43. The van der Waals surface area contributed by atoms with E-state index in [-0.39, 0.29) is 34.8 Å². The van der Waals surface area contributed by atoms with E-state index >= 15 is 0 Å². The van der Waals surface area contributed by atoms with Crippen LogP contribution in [0.3, 0.4) is 0 Å². The maximum absolute atomic E-state index is 13.8. The van der Waals surface area contributed by atoms with E-state index in [1.807, 2.05) is 14.0 Å². The van der Waals surface area contributed by atoms with Gasteiger partial charge in [-0.1, -0.05) is 6.92 Å². The molecule has 1 aromatic carbocycles. The van der Waals surface area contributed by atoms with Gasteiger partial charge in [-0.2, -0.15) is 23.8 Å². The molecule has 0 saturated heterocycles. The number of aliphatic hydroxyl groups is 1. The molecule has 0 aliphatic heterocycles. The summed E-state index contributed by atoms with van der Waals surface area (Å²) in [5, 5.41) is 19.7. The number of hydrogen-bond acceptors (Lipinski definition) is 6. The van der Waals surface area contributed by atoms with Crippen molar-refractivity contribution in [3.8, 4) is 5.75 Å². The van der Waals surface area contributed by atoms with Crippen molar-refractivity contribution in [2.75, 3.05) is 13.7 Å². The third-order valence-electron chi connectivity index (χ3n) is 11.4. The topological polar surface area (TPSA) is 86.5 Å². The second-order valence-corrected chi connectivity index (χ2v) is 13.9. The van der Waals surface area contributed by atoms with Crippen LogP contribution in [0, 0.1) is 40.4 Å². The average molecular weight is 560 g/mol. The first-order valence-corrected chi connectivity index (χ1v) is 15.0. The van der Waals surface area contributed by atoms with Gasteiger partial charge in [-0.25, -0.2) is 0 Å². The number of rotatable bonds is 7. The largest absolute Gasteiger partial charge is 0.433 e. The number of Topliss-reactive ketones (excluding diaryl/α,β-unsaturated/α-hetero) is 1. The highest BCUT2D eigenvalue weighted by Gasteiger charge is 2.63. The molecular formula is C31H43F2N3O4. The Morgan fingerprint density at radius 2 is 1.85 bits per heavy atom. The molecule has 1 heterocycles. The number of hydrogen-bond donors (Lipinski definition) is 1. The lowest BCUT2D eigenvalue weighted by molar-refractivity contribution is -0.175. The third kappa shape index (κ3) is 4.75. The standard InChI is InChI=1S/C31H43F2N3O4/c1-28(38)13-14-31(18-39-4)19(16-28)5-7-21-22-8-9-24(29(22,2)12-11-23(21)31)27(37)17-36-34-25-10-6-20(15-26(25)35-36)40-30(3,32)33/h6,10,15,19,21-24,38H,5,7-9,11-14,16-18H2,1-4H3/t19-,21+,22+,23+,24-,28-,29+,31-/m1/s1. The molecule has 4 saturated carbocycles. The van der Waals surface area contributed by atoms with Gasteiger partial charge in [0.15, 0.2) is 5.78 Å². The lowest BCUT2D eigenvalue weighted by Crippen LogP contribution is -2.58. The smallest absolute Gasteiger partial charge is 0.394 e. The number of benzene rings is 1. The van der Waals surface area contributed by atoms with Gasteiger partial charge in [0.2, 0.25) is 0 Å². The van der Waals surface area contributed by atoms with E-state index in [0.717, 1.165) is 58.0 Å². The maximum atomic E-state index is 13.8. The normalized spacial score (nSPS) is 39.4. The second-order valence-electron chi connectivity index (χ2n) is 13.9. The van der Waals surface area contributed by atoms with Crippen LogP contribution in [0.25, 0.3) is 11.0 Å². The summed E-state index contributed by atoms with van der Waals surface area (Å²) in [5.41, 5.74) is 0.482. The number of halogens is 2. The highest BCUT2D eigenvalue weighted by molar-refractivity contribution is 5.82. The van der Waals surface area contributed by atoms with Crippen molar-refractivity contribution in [3.63, 3.8) is 0 Å². The first-order valence-electron chi connectivity index (χ1n) is 15.0. The van der Waals surface area contributed by atoms with E-state index in [9.17, 15) is 18.7 Å². The molecule has 2 aromatic rings. The van der Waals surface area contributed by atoms with E-state index in [2.05, 4.69) is 21.9 Å². The summed E-state index contributed by atoms with van der Waals surface area (Å²) in [4.78, 5) is 15.2. The van der Waals surface area contributed by atoms with E-state index in [0.29, 0.717) is 41.6 Å². The molecule has 0 bridgehead atoms. The predicted octanol–water partition coefficient (Wildman–Crippen LogP) is 6.03. The molecule has 0 spiro atoms. The zero-order valence-electron chi connectivity index (χ0n) is 24.2. The Morgan fingerprint density at radius 3 is 2.60 bits per heavy atom. The van der Waals surface area contributed by atoms with Gasteiger partial charge < -0.3 is 14.6 Å². The summed E-state index contributed by atoms with van der Waals surface area (Å²) in [6.07, 6.45) is 5.84. The molecule has 4 aliphatic carbocycles. The average Bonchev–Trinajstić information content (AvgIpc) is 3.42. The van der Waals surface area contributed by atoms with Crippen LogP contribution in [-0.2, 0) is 16.1 Å². The van der Waals surface area contributed by atoms with Crippen molar-refractivity contribution < 1.29 is 28.2 Å². The summed E-state index contributed by atoms with van der Waals surface area (Å²) >= 11 is 0. The highest BCUT2D eigenvalue weighted by atomic mass is 19.3. The van der Waals surface area contributed by atoms with Crippen LogP contribution in [0.1, 0.15) is 78.6 Å². The van der Waals surface area contributed by atoms with Crippen molar-refractivity contribution in [2.45, 2.75) is 96.8 Å². The Bertz CT molecular complexity index is 1270. The number of carbonyl (C=O) groups excluding carboxylic acids is 1. The molecule has 40 heavy (non-hydrogen) atoms. The molecule has 8 atom stereocenters. The van der Waals surface area contributed by atoms with E-state index in [4.69, 9.17) is 4.74 Å². The highest BCUT2D eigenvalue weighted by Crippen LogP contribution is 2.68. The third-order valence-corrected chi connectivity index (χ3v) is 11.4. The molecule has 0 amide bonds. The zero-order chi connectivity index (χ0) is 28.5. The van der Waals surface area contributed by atoms with Gasteiger partial charge in [-0.3, -0.25) is 4.79 Å². The molecule has 0 radical (unpaired) electrons. The number of alkyl halides is 2. The first kappa shape index (κ1) is 28.0. The second kappa shape index (κ2) is 9.72. The van der Waals surface area contributed by atoms with Crippen LogP contribution in [-0.4, -0.2) is 51.3 Å². The van der Waals surface area contributed by atoms with Crippen LogP contribution in [0.2, 0.25) is 0 Å². The van der Waals surface area contributed by atoms with Crippen molar-refractivity contribution >= 4 is 16.8 Å². The number of ether oxygens (including phenoxy) is 2. The molecule has 0 unspecified atom stereocenters. The Labute approximate surface area is 235 Å². The van der Waals surface area contributed by atoms with E-state index < -0.39 is 11.7 Å². The number of aromatic nitrogens is 3. The summed E-state index contributed by atoms with van der Waals surface area (Å²) in [6.45, 7) is 5.88. The van der Waals surface area contributed by atoms with Gasteiger partial charge >= 0.3 is 6.11 Å². The van der Waals surface area contributed by atoms with E-state index in [1.54, 1.807) is 6.07 Å². The molecule has 7 nitrogen and oxygen atoms in total. The van der Waals surface area contributed by atoms with Crippen molar-refractivity contribution in [1.29, 1.82) is 0 Å². The first-order chi connectivity index (χ1) is 18.8. The number of methoxy groups -OCH3 is 1. The van der Waals surface area contributed by atoms with Gasteiger partial charge in [0.25, 0.3) is 0 Å². The summed E-state index contributed by atoms with van der Waals surface area (Å²) in [5.74, 6) is 2.32. The molecule has 220 valence electrons. The van der Waals surface area contributed by atoms with Crippen molar-refractivity contribution in [1.82, 2.24) is 15.0 Å². The minimum atomic E-state index is -3.29. The predicted molar refractivity (Wildman–Crippen MR) is 146 cm³/mol. The lowest BCUT2D eigenvalue weighted by Gasteiger charge is -2.62. The molecule has 9 heteroatoms. The number of nitrogens with zero attached hydrogens (tertiary/aromatic N) is 3.